The lowest BCUT2D eigenvalue weighted by Gasteiger charge is -2.22. The van der Waals surface area contributed by atoms with Crippen LogP contribution in [0.1, 0.15) is 0 Å². The Bertz CT molecular complexity index is 512. The monoisotopic (exact) mass is 288 g/mol. The summed E-state index contributed by atoms with van der Waals surface area (Å²) in [6.45, 7) is 0. The van der Waals surface area contributed by atoms with E-state index >= 15 is 0 Å². The minimum absolute atomic E-state index is 0.0761. The topological polar surface area (TPSA) is 49.4 Å². The third-order valence-electron chi connectivity index (χ3n) is 2.60. The first kappa shape index (κ1) is 13.2. The molecule has 0 aliphatic carbocycles. The van der Waals surface area contributed by atoms with Crippen LogP contribution in [0.5, 0.6) is 0 Å². The maximum absolute atomic E-state index is 13.1. The minimum Gasteiger partial charge on any atom is -0.357 e. The number of carbonyl (C=O) groups is 2. The van der Waals surface area contributed by atoms with Gasteiger partial charge in [0.15, 0.2) is 0 Å². The predicted molar refractivity (Wildman–Crippen MR) is 69.6 cm³/mol. The molecule has 1 fully saturated rings. The molecule has 1 aliphatic rings. The highest BCUT2D eigenvalue weighted by atomic mass is 35.5. The largest absolute Gasteiger partial charge is 0.357 e. The summed E-state index contributed by atoms with van der Waals surface area (Å²) in [6.07, 6.45) is 0. The lowest BCUT2D eigenvalue weighted by Crippen LogP contribution is -2.44. The smallest absolute Gasteiger partial charge is 0.286 e. The number of rotatable bonds is 2. The van der Waals surface area contributed by atoms with Crippen LogP contribution in [0.25, 0.3) is 0 Å². The number of hydrogen-bond acceptors (Lipinski definition) is 3. The molecule has 1 atom stereocenters. The zero-order valence-electron chi connectivity index (χ0n) is 9.44. The van der Waals surface area contributed by atoms with Gasteiger partial charge in [0, 0.05) is 18.5 Å². The van der Waals surface area contributed by atoms with Gasteiger partial charge in [0.2, 0.25) is 5.91 Å². The summed E-state index contributed by atoms with van der Waals surface area (Å²) >= 11 is 6.73. The SMILES string of the molecule is CNC(=O)C1CSC(=O)N1c1ccc(F)c(Cl)c1. The summed E-state index contributed by atoms with van der Waals surface area (Å²) in [5.41, 5.74) is 0.421. The summed E-state index contributed by atoms with van der Waals surface area (Å²) in [6, 6.07) is 3.36. The molecular formula is C11H10ClFN2O2S. The van der Waals surface area contributed by atoms with Crippen LogP contribution in [0.15, 0.2) is 18.2 Å². The molecule has 96 valence electrons. The van der Waals surface area contributed by atoms with Crippen molar-refractivity contribution in [3.63, 3.8) is 0 Å². The van der Waals surface area contributed by atoms with E-state index in [2.05, 4.69) is 5.32 Å². The van der Waals surface area contributed by atoms with E-state index in [1.165, 1.54) is 30.1 Å². The Hall–Kier alpha value is -1.27. The van der Waals surface area contributed by atoms with Crippen LogP contribution in [0, 0.1) is 5.82 Å². The van der Waals surface area contributed by atoms with Crippen LogP contribution in [0.2, 0.25) is 5.02 Å². The fourth-order valence-electron chi connectivity index (χ4n) is 1.70. The molecular weight excluding hydrogens is 279 g/mol. The summed E-state index contributed by atoms with van der Waals surface area (Å²) in [5.74, 6) is -0.446. The lowest BCUT2D eigenvalue weighted by molar-refractivity contribution is -0.121. The fourth-order valence-corrected chi connectivity index (χ4v) is 2.85. The number of thioether (sulfide) groups is 1. The standard InChI is InChI=1S/C11H10ClFN2O2S/c1-14-10(16)9-5-18-11(17)15(9)6-2-3-8(13)7(12)4-6/h2-4,9H,5H2,1H3,(H,14,16). The van der Waals surface area contributed by atoms with E-state index in [1.54, 1.807) is 0 Å². The van der Waals surface area contributed by atoms with E-state index in [4.69, 9.17) is 11.6 Å². The Morgan fingerprint density at radius 2 is 2.33 bits per heavy atom. The van der Waals surface area contributed by atoms with E-state index < -0.39 is 11.9 Å². The molecule has 18 heavy (non-hydrogen) atoms. The summed E-state index contributed by atoms with van der Waals surface area (Å²) in [4.78, 5) is 24.8. The van der Waals surface area contributed by atoms with Crippen molar-refractivity contribution >= 4 is 40.2 Å². The molecule has 1 saturated heterocycles. The molecule has 0 spiro atoms. The number of halogens is 2. The molecule has 0 aromatic heterocycles. The van der Waals surface area contributed by atoms with E-state index in [0.29, 0.717) is 11.4 Å². The number of carbonyl (C=O) groups excluding carboxylic acids is 2. The molecule has 7 heteroatoms. The maximum Gasteiger partial charge on any atom is 0.286 e. The molecule has 2 rings (SSSR count). The van der Waals surface area contributed by atoms with Crippen molar-refractivity contribution < 1.29 is 14.0 Å². The van der Waals surface area contributed by atoms with Crippen molar-refractivity contribution in [3.8, 4) is 0 Å². The molecule has 0 bridgehead atoms. The molecule has 0 radical (unpaired) electrons. The molecule has 4 nitrogen and oxygen atoms in total. The van der Waals surface area contributed by atoms with Crippen LogP contribution in [-0.2, 0) is 4.79 Å². The van der Waals surface area contributed by atoms with Gasteiger partial charge in [0.1, 0.15) is 11.9 Å². The Kier molecular flexibility index (Phi) is 3.77. The zero-order chi connectivity index (χ0) is 13.3. The molecule has 1 unspecified atom stereocenters. The number of likely N-dealkylation sites (N-methyl/N-ethyl adjacent to an activating group) is 1. The van der Waals surface area contributed by atoms with Gasteiger partial charge in [-0.05, 0) is 18.2 Å². The highest BCUT2D eigenvalue weighted by Crippen LogP contribution is 2.32. The molecule has 1 N–H and O–H groups in total. The average molecular weight is 289 g/mol. The van der Waals surface area contributed by atoms with Crippen LogP contribution in [0.3, 0.4) is 0 Å². The number of amides is 2. The van der Waals surface area contributed by atoms with E-state index in [0.717, 1.165) is 11.8 Å². The van der Waals surface area contributed by atoms with Crippen molar-refractivity contribution in [1.82, 2.24) is 5.32 Å². The van der Waals surface area contributed by atoms with Gasteiger partial charge in [-0.2, -0.15) is 0 Å². The first-order valence-electron chi connectivity index (χ1n) is 5.17. The Labute approximate surface area is 112 Å². The Morgan fingerprint density at radius 3 is 2.94 bits per heavy atom. The Morgan fingerprint density at radius 1 is 1.61 bits per heavy atom. The zero-order valence-corrected chi connectivity index (χ0v) is 11.0. The predicted octanol–water partition coefficient (Wildman–Crippen LogP) is 2.27. The van der Waals surface area contributed by atoms with Crippen LogP contribution < -0.4 is 10.2 Å². The first-order chi connectivity index (χ1) is 8.54. The minimum atomic E-state index is -0.589. The van der Waals surface area contributed by atoms with Crippen molar-refractivity contribution in [2.45, 2.75) is 6.04 Å². The summed E-state index contributed by atoms with van der Waals surface area (Å²) in [7, 11) is 1.51. The van der Waals surface area contributed by atoms with Gasteiger partial charge in [-0.15, -0.1) is 0 Å². The first-order valence-corrected chi connectivity index (χ1v) is 6.53. The second-order valence-electron chi connectivity index (χ2n) is 3.68. The van der Waals surface area contributed by atoms with Crippen LogP contribution in [0.4, 0.5) is 14.9 Å². The third kappa shape index (κ3) is 2.30. The van der Waals surface area contributed by atoms with Gasteiger partial charge >= 0.3 is 0 Å². The van der Waals surface area contributed by atoms with Crippen molar-refractivity contribution in [1.29, 1.82) is 0 Å². The molecule has 0 saturated carbocycles. The van der Waals surface area contributed by atoms with Gasteiger partial charge < -0.3 is 5.32 Å². The average Bonchev–Trinajstić information content (AvgIpc) is 2.74. The molecule has 1 aromatic carbocycles. The molecule has 1 aliphatic heterocycles. The second kappa shape index (κ2) is 5.16. The second-order valence-corrected chi connectivity index (χ2v) is 5.05. The molecule has 2 amide bonds. The van der Waals surface area contributed by atoms with Gasteiger partial charge in [-0.1, -0.05) is 23.4 Å². The lowest BCUT2D eigenvalue weighted by atomic mass is 10.2. The highest BCUT2D eigenvalue weighted by molar-refractivity contribution is 8.14. The number of nitrogens with zero attached hydrogens (tertiary/aromatic N) is 1. The summed E-state index contributed by atoms with van der Waals surface area (Å²) in [5, 5.41) is 2.18. The van der Waals surface area contributed by atoms with Gasteiger partial charge in [0.05, 0.1) is 5.02 Å². The van der Waals surface area contributed by atoms with Crippen LogP contribution >= 0.6 is 23.4 Å². The maximum atomic E-state index is 13.1. The molecule has 1 heterocycles. The quantitative estimate of drug-likeness (QED) is 0.908. The van der Waals surface area contributed by atoms with Crippen LogP contribution in [-0.4, -0.2) is 30.0 Å². The van der Waals surface area contributed by atoms with Gasteiger partial charge in [-0.25, -0.2) is 4.39 Å². The van der Waals surface area contributed by atoms with Crippen molar-refractivity contribution in [3.05, 3.63) is 29.0 Å². The number of hydrogen-bond donors (Lipinski definition) is 1. The van der Waals surface area contributed by atoms with Crippen molar-refractivity contribution in [2.75, 3.05) is 17.7 Å². The van der Waals surface area contributed by atoms with Gasteiger partial charge in [-0.3, -0.25) is 14.5 Å². The normalized spacial score (nSPS) is 19.2. The Balaban J connectivity index is 2.36. The number of nitrogens with one attached hydrogen (secondary N) is 1. The molecule has 1 aromatic rings. The van der Waals surface area contributed by atoms with Gasteiger partial charge in [0.25, 0.3) is 5.24 Å². The van der Waals surface area contributed by atoms with E-state index in [9.17, 15) is 14.0 Å². The summed E-state index contributed by atoms with van der Waals surface area (Å²) < 4.78 is 13.1. The third-order valence-corrected chi connectivity index (χ3v) is 3.82. The fraction of sp³-hybridized carbons (Fsp3) is 0.273. The highest BCUT2D eigenvalue weighted by Gasteiger charge is 2.37. The number of anilines is 1. The van der Waals surface area contributed by atoms with E-state index in [1.807, 2.05) is 0 Å². The van der Waals surface area contributed by atoms with E-state index in [-0.39, 0.29) is 16.2 Å². The number of benzene rings is 1. The van der Waals surface area contributed by atoms with Crippen molar-refractivity contribution in [2.24, 2.45) is 0 Å².